The molecule has 0 saturated carbocycles. The molecule has 18 heavy (non-hydrogen) atoms. The minimum absolute atomic E-state index is 0.155. The average molecular weight is 246 g/mol. The molecular weight excluding hydrogens is 224 g/mol. The minimum Gasteiger partial charge on any atom is -0.368 e. The predicted molar refractivity (Wildman–Crippen MR) is 72.9 cm³/mol. The van der Waals surface area contributed by atoms with Crippen LogP contribution in [0.4, 0.5) is 0 Å². The van der Waals surface area contributed by atoms with Crippen molar-refractivity contribution in [1.29, 1.82) is 0 Å². The lowest BCUT2D eigenvalue weighted by Crippen LogP contribution is -2.53. The zero-order valence-corrected chi connectivity index (χ0v) is 11.1. The van der Waals surface area contributed by atoms with Crippen molar-refractivity contribution >= 4 is 5.91 Å². The Morgan fingerprint density at radius 3 is 2.72 bits per heavy atom. The SMILES string of the molecule is CCC[C@@]1(C(N)=O)CCCN1Cc1ccccc1. The number of hydrogen-bond acceptors (Lipinski definition) is 2. The molecule has 1 aromatic rings. The summed E-state index contributed by atoms with van der Waals surface area (Å²) in [6.07, 6.45) is 3.84. The zero-order chi connectivity index (χ0) is 13.0. The highest BCUT2D eigenvalue weighted by molar-refractivity contribution is 5.85. The number of hydrogen-bond donors (Lipinski definition) is 1. The van der Waals surface area contributed by atoms with E-state index in [2.05, 4.69) is 24.0 Å². The van der Waals surface area contributed by atoms with E-state index in [0.717, 1.165) is 38.8 Å². The van der Waals surface area contributed by atoms with Gasteiger partial charge in [-0.05, 0) is 31.4 Å². The summed E-state index contributed by atoms with van der Waals surface area (Å²) < 4.78 is 0. The molecule has 0 spiro atoms. The number of primary amides is 1. The number of likely N-dealkylation sites (tertiary alicyclic amines) is 1. The van der Waals surface area contributed by atoms with E-state index in [1.54, 1.807) is 0 Å². The van der Waals surface area contributed by atoms with Crippen LogP contribution in [0.2, 0.25) is 0 Å². The predicted octanol–water partition coefficient (Wildman–Crippen LogP) is 2.31. The molecule has 0 unspecified atom stereocenters. The molecule has 2 N–H and O–H groups in total. The molecule has 1 aromatic carbocycles. The molecule has 3 heteroatoms. The molecule has 0 aliphatic carbocycles. The fourth-order valence-corrected chi connectivity index (χ4v) is 3.07. The van der Waals surface area contributed by atoms with Crippen molar-refractivity contribution in [3.05, 3.63) is 35.9 Å². The second kappa shape index (κ2) is 5.53. The third-order valence-electron chi connectivity index (χ3n) is 3.96. The maximum absolute atomic E-state index is 11.9. The van der Waals surface area contributed by atoms with Gasteiger partial charge in [0.2, 0.25) is 5.91 Å². The summed E-state index contributed by atoms with van der Waals surface area (Å²) in [6.45, 7) is 3.91. The first-order chi connectivity index (χ1) is 8.69. The first kappa shape index (κ1) is 13.1. The van der Waals surface area contributed by atoms with E-state index in [0.29, 0.717) is 0 Å². The van der Waals surface area contributed by atoms with Crippen LogP contribution >= 0.6 is 0 Å². The quantitative estimate of drug-likeness (QED) is 0.866. The van der Waals surface area contributed by atoms with Gasteiger partial charge in [-0.15, -0.1) is 0 Å². The Labute approximate surface area is 109 Å². The fourth-order valence-electron chi connectivity index (χ4n) is 3.07. The molecule has 0 radical (unpaired) electrons. The van der Waals surface area contributed by atoms with Crippen LogP contribution in [0.3, 0.4) is 0 Å². The molecule has 1 fully saturated rings. The summed E-state index contributed by atoms with van der Waals surface area (Å²) in [5, 5.41) is 0. The molecule has 1 aliphatic rings. The number of carbonyl (C=O) groups is 1. The highest BCUT2D eigenvalue weighted by atomic mass is 16.1. The van der Waals surface area contributed by atoms with E-state index < -0.39 is 5.54 Å². The largest absolute Gasteiger partial charge is 0.368 e. The first-order valence-corrected chi connectivity index (χ1v) is 6.78. The second-order valence-corrected chi connectivity index (χ2v) is 5.16. The van der Waals surface area contributed by atoms with Gasteiger partial charge < -0.3 is 5.73 Å². The van der Waals surface area contributed by atoms with Gasteiger partial charge in [0.25, 0.3) is 0 Å². The summed E-state index contributed by atoms with van der Waals surface area (Å²) in [5.41, 5.74) is 6.52. The van der Waals surface area contributed by atoms with Crippen LogP contribution in [0.5, 0.6) is 0 Å². The van der Waals surface area contributed by atoms with Crippen molar-refractivity contribution in [2.45, 2.75) is 44.7 Å². The molecule has 98 valence electrons. The Morgan fingerprint density at radius 1 is 1.39 bits per heavy atom. The summed E-state index contributed by atoms with van der Waals surface area (Å²) in [5.74, 6) is -0.155. The molecule has 0 aromatic heterocycles. The van der Waals surface area contributed by atoms with Gasteiger partial charge in [0.15, 0.2) is 0 Å². The fraction of sp³-hybridized carbons (Fsp3) is 0.533. The van der Waals surface area contributed by atoms with Crippen LogP contribution in [0.15, 0.2) is 30.3 Å². The maximum atomic E-state index is 11.9. The lowest BCUT2D eigenvalue weighted by molar-refractivity contribution is -0.129. The van der Waals surface area contributed by atoms with E-state index in [9.17, 15) is 4.79 Å². The maximum Gasteiger partial charge on any atom is 0.237 e. The van der Waals surface area contributed by atoms with Crippen molar-refractivity contribution < 1.29 is 4.79 Å². The van der Waals surface area contributed by atoms with E-state index in [1.807, 2.05) is 18.2 Å². The number of nitrogens with two attached hydrogens (primary N) is 1. The molecule has 1 aliphatic heterocycles. The summed E-state index contributed by atoms with van der Waals surface area (Å²) >= 11 is 0. The van der Waals surface area contributed by atoms with Crippen molar-refractivity contribution in [1.82, 2.24) is 4.90 Å². The molecule has 1 saturated heterocycles. The lowest BCUT2D eigenvalue weighted by atomic mass is 9.89. The van der Waals surface area contributed by atoms with Gasteiger partial charge in [-0.3, -0.25) is 9.69 Å². The van der Waals surface area contributed by atoms with Crippen molar-refractivity contribution in [2.24, 2.45) is 5.73 Å². The molecule has 0 bridgehead atoms. The summed E-state index contributed by atoms with van der Waals surface area (Å²) in [6, 6.07) is 10.3. The van der Waals surface area contributed by atoms with Gasteiger partial charge in [-0.2, -0.15) is 0 Å². The Balaban J connectivity index is 2.18. The molecule has 3 nitrogen and oxygen atoms in total. The van der Waals surface area contributed by atoms with E-state index >= 15 is 0 Å². The first-order valence-electron chi connectivity index (χ1n) is 6.78. The highest BCUT2D eigenvalue weighted by Gasteiger charge is 2.44. The molecule has 1 heterocycles. The zero-order valence-electron chi connectivity index (χ0n) is 11.1. The molecule has 1 atom stereocenters. The van der Waals surface area contributed by atoms with Crippen molar-refractivity contribution in [3.8, 4) is 0 Å². The van der Waals surface area contributed by atoms with Gasteiger partial charge in [0, 0.05) is 6.54 Å². The van der Waals surface area contributed by atoms with Crippen LogP contribution in [-0.4, -0.2) is 22.9 Å². The van der Waals surface area contributed by atoms with Gasteiger partial charge >= 0.3 is 0 Å². The number of amides is 1. The number of rotatable bonds is 5. The van der Waals surface area contributed by atoms with Crippen LogP contribution in [0.25, 0.3) is 0 Å². The molecule has 1 amide bonds. The summed E-state index contributed by atoms with van der Waals surface area (Å²) in [4.78, 5) is 14.2. The highest BCUT2D eigenvalue weighted by Crippen LogP contribution is 2.34. The second-order valence-electron chi connectivity index (χ2n) is 5.16. The van der Waals surface area contributed by atoms with Gasteiger partial charge in [-0.1, -0.05) is 43.7 Å². The standard InChI is InChI=1S/C15H22N2O/c1-2-9-15(14(16)18)10-6-11-17(15)12-13-7-4-3-5-8-13/h3-5,7-8H,2,6,9-12H2,1H3,(H2,16,18)/t15-/m0/s1. The van der Waals surface area contributed by atoms with Gasteiger partial charge in [-0.25, -0.2) is 0 Å². The van der Waals surface area contributed by atoms with E-state index in [1.165, 1.54) is 5.56 Å². The third kappa shape index (κ3) is 2.41. The van der Waals surface area contributed by atoms with E-state index in [4.69, 9.17) is 5.73 Å². The third-order valence-corrected chi connectivity index (χ3v) is 3.96. The lowest BCUT2D eigenvalue weighted by Gasteiger charge is -2.35. The Morgan fingerprint density at radius 2 is 2.11 bits per heavy atom. The Hall–Kier alpha value is -1.35. The Bertz CT molecular complexity index is 404. The number of carbonyl (C=O) groups excluding carboxylic acids is 1. The van der Waals surface area contributed by atoms with Crippen LogP contribution < -0.4 is 5.73 Å². The van der Waals surface area contributed by atoms with Gasteiger partial charge in [0.1, 0.15) is 5.54 Å². The Kier molecular flexibility index (Phi) is 4.02. The molecule has 2 rings (SSSR count). The smallest absolute Gasteiger partial charge is 0.237 e. The average Bonchev–Trinajstić information content (AvgIpc) is 2.75. The number of nitrogens with zero attached hydrogens (tertiary/aromatic N) is 1. The topological polar surface area (TPSA) is 46.3 Å². The van der Waals surface area contributed by atoms with Crippen LogP contribution in [0, 0.1) is 0 Å². The van der Waals surface area contributed by atoms with Crippen molar-refractivity contribution in [2.75, 3.05) is 6.54 Å². The molecular formula is C15H22N2O. The normalized spacial score (nSPS) is 24.3. The van der Waals surface area contributed by atoms with Crippen LogP contribution in [-0.2, 0) is 11.3 Å². The summed E-state index contributed by atoms with van der Waals surface area (Å²) in [7, 11) is 0. The minimum atomic E-state index is -0.412. The van der Waals surface area contributed by atoms with Gasteiger partial charge in [0.05, 0.1) is 0 Å². The van der Waals surface area contributed by atoms with E-state index in [-0.39, 0.29) is 5.91 Å². The van der Waals surface area contributed by atoms with Crippen molar-refractivity contribution in [3.63, 3.8) is 0 Å². The monoisotopic (exact) mass is 246 g/mol. The van der Waals surface area contributed by atoms with Crippen LogP contribution in [0.1, 0.15) is 38.2 Å². The number of benzene rings is 1.